The van der Waals surface area contributed by atoms with Crippen LogP contribution < -0.4 is 4.90 Å². The van der Waals surface area contributed by atoms with E-state index >= 15 is 0 Å². The van der Waals surface area contributed by atoms with E-state index < -0.39 is 0 Å². The Hall–Kier alpha value is -2.43. The second-order valence-electron chi connectivity index (χ2n) is 6.11. The number of nitrogens with zero attached hydrogens (tertiary/aromatic N) is 4. The van der Waals surface area contributed by atoms with Crippen molar-refractivity contribution in [1.82, 2.24) is 14.9 Å². The second kappa shape index (κ2) is 6.99. The minimum absolute atomic E-state index is 0.0107. The van der Waals surface area contributed by atoms with Gasteiger partial charge in [-0.15, -0.1) is 0 Å². The van der Waals surface area contributed by atoms with Gasteiger partial charge in [0.1, 0.15) is 5.69 Å². The molecule has 0 N–H and O–H groups in total. The van der Waals surface area contributed by atoms with Crippen molar-refractivity contribution in [3.63, 3.8) is 0 Å². The summed E-state index contributed by atoms with van der Waals surface area (Å²) in [6.45, 7) is 9.08. The Morgan fingerprint density at radius 1 is 1.17 bits per heavy atom. The van der Waals surface area contributed by atoms with Crippen LogP contribution in [-0.2, 0) is 13.0 Å². The Labute approximate surface area is 143 Å². The third-order valence-electron chi connectivity index (χ3n) is 4.53. The highest BCUT2D eigenvalue weighted by atomic mass is 16.2. The summed E-state index contributed by atoms with van der Waals surface area (Å²) in [5.41, 5.74) is 3.88. The van der Waals surface area contributed by atoms with E-state index in [0.717, 1.165) is 31.7 Å². The minimum atomic E-state index is -0.0107. The maximum absolute atomic E-state index is 12.9. The quantitative estimate of drug-likeness (QED) is 0.868. The van der Waals surface area contributed by atoms with Gasteiger partial charge in [0.2, 0.25) is 5.95 Å². The van der Waals surface area contributed by atoms with Crippen molar-refractivity contribution in [2.45, 2.75) is 33.7 Å². The van der Waals surface area contributed by atoms with Gasteiger partial charge in [0, 0.05) is 31.9 Å². The molecule has 0 saturated heterocycles. The van der Waals surface area contributed by atoms with Gasteiger partial charge in [-0.1, -0.05) is 24.3 Å². The predicted octanol–water partition coefficient (Wildman–Crippen LogP) is 2.83. The van der Waals surface area contributed by atoms with Gasteiger partial charge < -0.3 is 9.80 Å². The summed E-state index contributed by atoms with van der Waals surface area (Å²) in [6.07, 6.45) is 0.898. The Balaban J connectivity index is 1.85. The molecule has 0 bridgehead atoms. The Kier molecular flexibility index (Phi) is 4.79. The first-order chi connectivity index (χ1) is 11.6. The number of aryl methyl sites for hydroxylation is 1. The van der Waals surface area contributed by atoms with Crippen LogP contribution in [0.25, 0.3) is 0 Å². The Bertz CT molecular complexity index is 740. The highest BCUT2D eigenvalue weighted by Crippen LogP contribution is 2.20. The number of aromatic nitrogens is 2. The molecule has 5 nitrogen and oxygen atoms in total. The van der Waals surface area contributed by atoms with Crippen LogP contribution in [0.1, 0.15) is 41.2 Å². The fourth-order valence-corrected chi connectivity index (χ4v) is 3.14. The monoisotopic (exact) mass is 324 g/mol. The third kappa shape index (κ3) is 3.25. The molecule has 0 saturated carbocycles. The molecule has 0 unspecified atom stereocenters. The molecule has 1 amide bonds. The van der Waals surface area contributed by atoms with E-state index in [4.69, 9.17) is 0 Å². The molecule has 0 fully saturated rings. The molecule has 0 radical (unpaired) electrons. The molecule has 126 valence electrons. The summed E-state index contributed by atoms with van der Waals surface area (Å²) in [5, 5.41) is 0. The van der Waals surface area contributed by atoms with Crippen molar-refractivity contribution in [3.05, 3.63) is 52.8 Å². The number of anilines is 1. The van der Waals surface area contributed by atoms with Crippen molar-refractivity contribution >= 4 is 11.9 Å². The minimum Gasteiger partial charge on any atom is -0.341 e. The number of rotatable bonds is 4. The number of hydrogen-bond donors (Lipinski definition) is 0. The number of benzene rings is 1. The van der Waals surface area contributed by atoms with E-state index in [-0.39, 0.29) is 5.91 Å². The zero-order chi connectivity index (χ0) is 17.1. The van der Waals surface area contributed by atoms with E-state index in [1.54, 1.807) is 6.07 Å². The normalized spacial score (nSPS) is 13.5. The van der Waals surface area contributed by atoms with Crippen molar-refractivity contribution in [3.8, 4) is 0 Å². The van der Waals surface area contributed by atoms with E-state index in [1.165, 1.54) is 11.1 Å². The first-order valence-electron chi connectivity index (χ1n) is 8.59. The van der Waals surface area contributed by atoms with Crippen LogP contribution in [0.3, 0.4) is 0 Å². The van der Waals surface area contributed by atoms with Gasteiger partial charge in [-0.3, -0.25) is 4.79 Å². The molecule has 1 aliphatic heterocycles. The van der Waals surface area contributed by atoms with Gasteiger partial charge in [-0.2, -0.15) is 0 Å². The molecule has 2 aromatic rings. The van der Waals surface area contributed by atoms with Crippen LogP contribution in [0, 0.1) is 6.92 Å². The lowest BCUT2D eigenvalue weighted by molar-refractivity contribution is 0.0728. The van der Waals surface area contributed by atoms with E-state index in [2.05, 4.69) is 46.9 Å². The molecule has 1 aromatic carbocycles. The van der Waals surface area contributed by atoms with E-state index in [1.807, 2.05) is 17.9 Å². The molecule has 0 aliphatic carbocycles. The second-order valence-corrected chi connectivity index (χ2v) is 6.11. The van der Waals surface area contributed by atoms with Crippen LogP contribution in [0.4, 0.5) is 5.95 Å². The average molecular weight is 324 g/mol. The third-order valence-corrected chi connectivity index (χ3v) is 4.53. The summed E-state index contributed by atoms with van der Waals surface area (Å²) >= 11 is 0. The summed E-state index contributed by atoms with van der Waals surface area (Å²) in [5.74, 6) is 0.629. The number of hydrogen-bond acceptors (Lipinski definition) is 4. The largest absolute Gasteiger partial charge is 0.341 e. The lowest BCUT2D eigenvalue weighted by Gasteiger charge is -2.29. The first-order valence-corrected chi connectivity index (χ1v) is 8.59. The molecular formula is C19H24N4O. The molecule has 0 atom stereocenters. The number of carbonyl (C=O) groups excluding carboxylic acids is 1. The van der Waals surface area contributed by atoms with Crippen molar-refractivity contribution in [2.24, 2.45) is 0 Å². The van der Waals surface area contributed by atoms with E-state index in [0.29, 0.717) is 18.2 Å². The highest BCUT2D eigenvalue weighted by molar-refractivity contribution is 5.92. The van der Waals surface area contributed by atoms with Gasteiger partial charge in [0.05, 0.1) is 0 Å². The molecule has 2 heterocycles. The van der Waals surface area contributed by atoms with Gasteiger partial charge in [0.25, 0.3) is 5.91 Å². The number of amides is 1. The fraction of sp³-hybridized carbons (Fsp3) is 0.421. The molecule has 1 aliphatic rings. The van der Waals surface area contributed by atoms with E-state index in [9.17, 15) is 4.79 Å². The van der Waals surface area contributed by atoms with Crippen molar-refractivity contribution in [2.75, 3.05) is 24.5 Å². The van der Waals surface area contributed by atoms with Crippen LogP contribution in [-0.4, -0.2) is 40.4 Å². The van der Waals surface area contributed by atoms with Crippen LogP contribution >= 0.6 is 0 Å². The predicted molar refractivity (Wildman–Crippen MR) is 95.2 cm³/mol. The van der Waals surface area contributed by atoms with Gasteiger partial charge in [-0.25, -0.2) is 9.97 Å². The first kappa shape index (κ1) is 16.4. The van der Waals surface area contributed by atoms with Gasteiger partial charge in [-0.05, 0) is 44.4 Å². The Morgan fingerprint density at radius 3 is 2.58 bits per heavy atom. The lowest BCUT2D eigenvalue weighted by atomic mass is 10.00. The zero-order valence-corrected chi connectivity index (χ0v) is 14.6. The van der Waals surface area contributed by atoms with Crippen LogP contribution in [0.15, 0.2) is 30.3 Å². The molecule has 24 heavy (non-hydrogen) atoms. The number of carbonyl (C=O) groups is 1. The molecule has 3 rings (SSSR count). The van der Waals surface area contributed by atoms with Crippen LogP contribution in [0.5, 0.6) is 0 Å². The van der Waals surface area contributed by atoms with Crippen molar-refractivity contribution < 1.29 is 4.79 Å². The summed E-state index contributed by atoms with van der Waals surface area (Å²) in [4.78, 5) is 25.9. The van der Waals surface area contributed by atoms with Gasteiger partial charge in [0.15, 0.2) is 0 Å². The lowest BCUT2D eigenvalue weighted by Crippen LogP contribution is -2.37. The van der Waals surface area contributed by atoms with Crippen LogP contribution in [0.2, 0.25) is 0 Å². The summed E-state index contributed by atoms with van der Waals surface area (Å²) in [7, 11) is 0. The Morgan fingerprint density at radius 2 is 1.88 bits per heavy atom. The fourth-order valence-electron chi connectivity index (χ4n) is 3.14. The van der Waals surface area contributed by atoms with Crippen molar-refractivity contribution in [1.29, 1.82) is 0 Å². The summed E-state index contributed by atoms with van der Waals surface area (Å²) < 4.78 is 0. The average Bonchev–Trinajstić information content (AvgIpc) is 2.61. The maximum atomic E-state index is 12.9. The molecule has 0 spiro atoms. The smallest absolute Gasteiger partial charge is 0.272 e. The van der Waals surface area contributed by atoms with Gasteiger partial charge >= 0.3 is 0 Å². The number of fused-ring (bicyclic) bond motifs is 1. The summed E-state index contributed by atoms with van der Waals surface area (Å²) in [6, 6.07) is 10.1. The maximum Gasteiger partial charge on any atom is 0.272 e. The standard InChI is InChI=1S/C19H24N4O/c1-4-22(5-2)19-20-14(3)12-17(21-19)18(24)23-11-10-15-8-6-7-9-16(15)13-23/h6-9,12H,4-5,10-11,13H2,1-3H3. The molecule has 1 aromatic heterocycles. The molecular weight excluding hydrogens is 300 g/mol. The highest BCUT2D eigenvalue weighted by Gasteiger charge is 2.23. The molecule has 5 heteroatoms. The zero-order valence-electron chi connectivity index (χ0n) is 14.6. The topological polar surface area (TPSA) is 49.3 Å². The SMILES string of the molecule is CCN(CC)c1nc(C)cc(C(=O)N2CCc3ccccc3C2)n1.